The number of aliphatic hydroxyl groups is 1. The summed E-state index contributed by atoms with van der Waals surface area (Å²) in [6.07, 6.45) is 6.69. The normalized spacial score (nSPS) is 13.6. The van der Waals surface area contributed by atoms with Gasteiger partial charge in [-0.3, -0.25) is 0 Å². The van der Waals surface area contributed by atoms with E-state index in [0.29, 0.717) is 13.2 Å². The second-order valence-electron chi connectivity index (χ2n) is 7.23. The number of aromatic hydroxyl groups is 3. The maximum atomic E-state index is 10.2. The minimum absolute atomic E-state index is 0.00345. The average molecular weight is 388 g/mol. The van der Waals surface area contributed by atoms with E-state index in [1.54, 1.807) is 0 Å². The number of phenolic OH excluding ortho intramolecular Hbond substituents is 3. The van der Waals surface area contributed by atoms with E-state index in [2.05, 4.69) is 12.1 Å². The fourth-order valence-corrected chi connectivity index (χ4v) is 3.53. The Kier molecular flexibility index (Phi) is 6.87. The summed E-state index contributed by atoms with van der Waals surface area (Å²) in [5, 5.41) is 39.3. The number of ether oxygens (including phenoxy) is 2. The van der Waals surface area contributed by atoms with Crippen molar-refractivity contribution < 1.29 is 29.9 Å². The zero-order valence-electron chi connectivity index (χ0n) is 15.9. The SMILES string of the molecule is Oc1ccc(O)c(C(O)CCCCCCCCc2ccc3c(c2)OCO3)c1O. The van der Waals surface area contributed by atoms with Crippen molar-refractivity contribution in [1.82, 2.24) is 0 Å². The molecule has 6 nitrogen and oxygen atoms in total. The highest BCUT2D eigenvalue weighted by Crippen LogP contribution is 2.40. The van der Waals surface area contributed by atoms with Crippen molar-refractivity contribution in [3.8, 4) is 28.7 Å². The van der Waals surface area contributed by atoms with Gasteiger partial charge in [-0.25, -0.2) is 0 Å². The molecule has 4 N–H and O–H groups in total. The largest absolute Gasteiger partial charge is 0.507 e. The minimum Gasteiger partial charge on any atom is -0.507 e. The Balaban J connectivity index is 1.29. The molecule has 0 amide bonds. The van der Waals surface area contributed by atoms with Crippen molar-refractivity contribution in [3.63, 3.8) is 0 Å². The fraction of sp³-hybridized carbons (Fsp3) is 0.455. The Hall–Kier alpha value is -2.60. The van der Waals surface area contributed by atoms with Crippen LogP contribution in [0, 0.1) is 0 Å². The Labute approximate surface area is 165 Å². The summed E-state index contributed by atoms with van der Waals surface area (Å²) >= 11 is 0. The van der Waals surface area contributed by atoms with Gasteiger partial charge in [0.1, 0.15) is 5.75 Å². The van der Waals surface area contributed by atoms with E-state index < -0.39 is 11.9 Å². The van der Waals surface area contributed by atoms with Crippen molar-refractivity contribution in [2.45, 2.75) is 57.5 Å². The Morgan fingerprint density at radius 3 is 2.29 bits per heavy atom. The molecule has 3 rings (SSSR count). The lowest BCUT2D eigenvalue weighted by atomic mass is 9.99. The fourth-order valence-electron chi connectivity index (χ4n) is 3.53. The number of aliphatic hydroxyl groups excluding tert-OH is 1. The van der Waals surface area contributed by atoms with Gasteiger partial charge in [0.15, 0.2) is 23.0 Å². The van der Waals surface area contributed by atoms with Gasteiger partial charge in [-0.2, -0.15) is 0 Å². The van der Waals surface area contributed by atoms with Crippen LogP contribution in [0.5, 0.6) is 28.7 Å². The molecule has 1 aliphatic rings. The first kappa shape index (κ1) is 20.1. The van der Waals surface area contributed by atoms with Crippen molar-refractivity contribution in [2.24, 2.45) is 0 Å². The van der Waals surface area contributed by atoms with Gasteiger partial charge in [-0.05, 0) is 49.1 Å². The van der Waals surface area contributed by atoms with Crippen LogP contribution in [-0.4, -0.2) is 27.2 Å². The first-order valence-corrected chi connectivity index (χ1v) is 9.86. The molecule has 6 heteroatoms. The number of fused-ring (bicyclic) bond motifs is 1. The third-order valence-corrected chi connectivity index (χ3v) is 5.14. The monoisotopic (exact) mass is 388 g/mol. The van der Waals surface area contributed by atoms with Gasteiger partial charge in [0, 0.05) is 0 Å². The van der Waals surface area contributed by atoms with Gasteiger partial charge in [-0.1, -0.05) is 38.2 Å². The molecule has 0 aromatic heterocycles. The second kappa shape index (κ2) is 9.55. The van der Waals surface area contributed by atoms with E-state index in [1.165, 1.54) is 17.7 Å². The van der Waals surface area contributed by atoms with Crippen molar-refractivity contribution in [3.05, 3.63) is 41.5 Å². The number of benzene rings is 2. The van der Waals surface area contributed by atoms with Crippen LogP contribution in [0.25, 0.3) is 0 Å². The predicted octanol–water partition coefficient (Wildman–Crippen LogP) is 4.54. The van der Waals surface area contributed by atoms with Crippen molar-refractivity contribution in [2.75, 3.05) is 6.79 Å². The van der Waals surface area contributed by atoms with Gasteiger partial charge >= 0.3 is 0 Å². The van der Waals surface area contributed by atoms with Crippen LogP contribution < -0.4 is 9.47 Å². The van der Waals surface area contributed by atoms with Crippen molar-refractivity contribution in [1.29, 1.82) is 0 Å². The van der Waals surface area contributed by atoms with E-state index in [4.69, 9.17) is 9.47 Å². The highest BCUT2D eigenvalue weighted by molar-refractivity contribution is 5.52. The van der Waals surface area contributed by atoms with E-state index >= 15 is 0 Å². The van der Waals surface area contributed by atoms with Crippen LogP contribution in [0.2, 0.25) is 0 Å². The molecule has 2 aromatic carbocycles. The zero-order valence-corrected chi connectivity index (χ0v) is 15.9. The molecule has 0 radical (unpaired) electrons. The van der Waals surface area contributed by atoms with E-state index in [0.717, 1.165) is 56.4 Å². The lowest BCUT2D eigenvalue weighted by Crippen LogP contribution is -1.99. The molecule has 0 aliphatic carbocycles. The number of unbranched alkanes of at least 4 members (excludes halogenated alkanes) is 5. The highest BCUT2D eigenvalue weighted by Gasteiger charge is 2.19. The molecular formula is C22H28O6. The van der Waals surface area contributed by atoms with E-state index in [-0.39, 0.29) is 17.1 Å². The minimum atomic E-state index is -0.988. The third-order valence-electron chi connectivity index (χ3n) is 5.14. The van der Waals surface area contributed by atoms with Gasteiger partial charge in [0.05, 0.1) is 11.7 Å². The van der Waals surface area contributed by atoms with Gasteiger partial charge in [-0.15, -0.1) is 0 Å². The lowest BCUT2D eigenvalue weighted by Gasteiger charge is -2.15. The Morgan fingerprint density at radius 1 is 0.786 bits per heavy atom. The number of hydrogen-bond acceptors (Lipinski definition) is 6. The van der Waals surface area contributed by atoms with Crippen molar-refractivity contribution >= 4 is 0 Å². The summed E-state index contributed by atoms with van der Waals surface area (Å²) < 4.78 is 10.7. The molecule has 0 saturated heterocycles. The number of hydrogen-bond donors (Lipinski definition) is 4. The molecule has 0 spiro atoms. The topological polar surface area (TPSA) is 99.4 Å². The van der Waals surface area contributed by atoms with Crippen LogP contribution in [0.15, 0.2) is 30.3 Å². The first-order chi connectivity index (χ1) is 13.6. The van der Waals surface area contributed by atoms with E-state index in [9.17, 15) is 20.4 Å². The molecule has 28 heavy (non-hydrogen) atoms. The third kappa shape index (κ3) is 5.01. The molecule has 2 aromatic rings. The predicted molar refractivity (Wildman–Crippen MR) is 105 cm³/mol. The zero-order chi connectivity index (χ0) is 19.9. The summed E-state index contributed by atoms with van der Waals surface area (Å²) in [6.45, 7) is 0.304. The van der Waals surface area contributed by atoms with Gasteiger partial charge in [0.2, 0.25) is 6.79 Å². The number of phenols is 3. The van der Waals surface area contributed by atoms with Crippen LogP contribution in [-0.2, 0) is 6.42 Å². The summed E-state index contributed by atoms with van der Waals surface area (Å²) in [4.78, 5) is 0. The summed E-state index contributed by atoms with van der Waals surface area (Å²) in [5.74, 6) is 0.662. The quantitative estimate of drug-likeness (QED) is 0.271. The van der Waals surface area contributed by atoms with Crippen LogP contribution in [0.3, 0.4) is 0 Å². The molecular weight excluding hydrogens is 360 g/mol. The Morgan fingerprint density at radius 2 is 1.46 bits per heavy atom. The van der Waals surface area contributed by atoms with Gasteiger partial charge in [0.25, 0.3) is 0 Å². The first-order valence-electron chi connectivity index (χ1n) is 9.86. The average Bonchev–Trinajstić information content (AvgIpc) is 3.15. The molecule has 1 heterocycles. The maximum absolute atomic E-state index is 10.2. The summed E-state index contributed by atoms with van der Waals surface area (Å²) in [6, 6.07) is 8.57. The summed E-state index contributed by atoms with van der Waals surface area (Å²) in [7, 11) is 0. The molecule has 0 bridgehead atoms. The Bertz CT molecular complexity index is 789. The standard InChI is InChI=1S/C22H28O6/c23-16(21-17(24)10-11-18(25)22(21)26)8-6-4-2-1-3-5-7-15-9-12-19-20(13-15)28-14-27-19/h9-13,16,23-26H,1-8,14H2. The molecule has 152 valence electrons. The van der Waals surface area contributed by atoms with Crippen LogP contribution >= 0.6 is 0 Å². The van der Waals surface area contributed by atoms with Gasteiger partial charge < -0.3 is 29.9 Å². The molecule has 0 saturated carbocycles. The van der Waals surface area contributed by atoms with E-state index in [1.807, 2.05) is 6.07 Å². The molecule has 1 aliphatic heterocycles. The number of aryl methyl sites for hydroxylation is 1. The lowest BCUT2D eigenvalue weighted by molar-refractivity contribution is 0.155. The molecule has 1 unspecified atom stereocenters. The van der Waals surface area contributed by atoms with Crippen LogP contribution in [0.1, 0.15) is 62.2 Å². The van der Waals surface area contributed by atoms with Crippen LogP contribution in [0.4, 0.5) is 0 Å². The maximum Gasteiger partial charge on any atom is 0.231 e. The highest BCUT2D eigenvalue weighted by atomic mass is 16.7. The summed E-state index contributed by atoms with van der Waals surface area (Å²) in [5.41, 5.74) is 1.27. The molecule has 0 fully saturated rings. The second-order valence-corrected chi connectivity index (χ2v) is 7.23. The molecule has 1 atom stereocenters. The number of rotatable bonds is 10. The smallest absolute Gasteiger partial charge is 0.231 e.